The fraction of sp³-hybridized carbons (Fsp3) is 0.739. The number of aliphatic hydroxyl groups is 5. The van der Waals surface area contributed by atoms with E-state index in [0.717, 1.165) is 51.4 Å². The van der Waals surface area contributed by atoms with Crippen molar-refractivity contribution in [1.82, 2.24) is 0 Å². The molecular weight excluding hydrogens is 791 g/mol. The molecule has 0 amide bonds. The molecule has 0 spiro atoms. The number of esters is 2. The first-order valence-corrected chi connectivity index (χ1v) is 24.1. The maximum Gasteiger partial charge on any atom is 0.472 e. The third-order valence-electron chi connectivity index (χ3n) is 10.2. The van der Waals surface area contributed by atoms with Crippen LogP contribution < -0.4 is 0 Å². The number of allylic oxidation sites excluding steroid dienone is 10. The predicted molar refractivity (Wildman–Crippen MR) is 235 cm³/mol. The first-order chi connectivity index (χ1) is 28.9. The number of phosphoric ester groups is 1. The van der Waals surface area contributed by atoms with E-state index in [1.807, 2.05) is 18.2 Å². The molecule has 0 aromatic carbocycles. The van der Waals surface area contributed by atoms with Gasteiger partial charge in [0.25, 0.3) is 0 Å². The summed E-state index contributed by atoms with van der Waals surface area (Å²) in [6.45, 7) is 3.19. The Labute approximate surface area is 360 Å². The van der Waals surface area contributed by atoms with E-state index in [0.29, 0.717) is 12.8 Å². The van der Waals surface area contributed by atoms with Crippen LogP contribution in [-0.4, -0.2) is 98.3 Å². The SMILES string of the molecule is CCCCCCC/C=C/C=C/C=C/CCCCCCCC(=O)OCC(COP(=O)(O)OC1C(O)C(O)C(O)[C@H](O)C1O)OC(=O)CC/C=C/C/C=C/CCCCCCCC. The minimum atomic E-state index is -5.14. The van der Waals surface area contributed by atoms with Crippen molar-refractivity contribution >= 4 is 19.8 Å². The molecule has 0 radical (unpaired) electrons. The van der Waals surface area contributed by atoms with Crippen LogP contribution in [0.3, 0.4) is 0 Å². The summed E-state index contributed by atoms with van der Waals surface area (Å²) < 4.78 is 33.4. The Bertz CT molecular complexity index is 1280. The first kappa shape index (κ1) is 55.6. The van der Waals surface area contributed by atoms with Crippen LogP contribution in [0, 0.1) is 0 Å². The fourth-order valence-electron chi connectivity index (χ4n) is 6.46. The van der Waals surface area contributed by atoms with E-state index in [2.05, 4.69) is 56.4 Å². The molecule has 14 heteroatoms. The van der Waals surface area contributed by atoms with Gasteiger partial charge in [-0.3, -0.25) is 18.6 Å². The van der Waals surface area contributed by atoms with E-state index in [9.17, 15) is 44.6 Å². The quantitative estimate of drug-likeness (QED) is 0.0115. The average Bonchev–Trinajstić information content (AvgIpc) is 3.23. The molecule has 1 rings (SSSR count). The van der Waals surface area contributed by atoms with Crippen molar-refractivity contribution in [1.29, 1.82) is 0 Å². The molecule has 0 saturated heterocycles. The topological polar surface area (TPSA) is 210 Å². The van der Waals surface area contributed by atoms with Crippen molar-refractivity contribution in [2.75, 3.05) is 13.2 Å². The zero-order valence-electron chi connectivity index (χ0n) is 36.5. The monoisotopic (exact) mass is 871 g/mol. The maximum absolute atomic E-state index is 12.8. The van der Waals surface area contributed by atoms with E-state index in [1.165, 1.54) is 70.6 Å². The molecule has 6 N–H and O–H groups in total. The van der Waals surface area contributed by atoms with Gasteiger partial charge in [0.15, 0.2) is 6.10 Å². The lowest BCUT2D eigenvalue weighted by Crippen LogP contribution is -2.64. The van der Waals surface area contributed by atoms with Crippen LogP contribution in [0.2, 0.25) is 0 Å². The molecule has 60 heavy (non-hydrogen) atoms. The van der Waals surface area contributed by atoms with Gasteiger partial charge in [-0.2, -0.15) is 0 Å². The number of phosphoric acid groups is 1. The van der Waals surface area contributed by atoms with Crippen molar-refractivity contribution in [3.63, 3.8) is 0 Å². The number of rotatable bonds is 36. The molecule has 1 fully saturated rings. The number of unbranched alkanes of at least 4 members (excludes halogenated alkanes) is 16. The van der Waals surface area contributed by atoms with E-state index < -0.39 is 75.7 Å². The lowest BCUT2D eigenvalue weighted by Gasteiger charge is -2.41. The average molecular weight is 871 g/mol. The van der Waals surface area contributed by atoms with E-state index in [-0.39, 0.29) is 12.8 Å². The molecule has 1 aliphatic carbocycles. The summed E-state index contributed by atoms with van der Waals surface area (Å²) in [7, 11) is -5.14. The second kappa shape index (κ2) is 36.1. The van der Waals surface area contributed by atoms with Crippen LogP contribution in [0.15, 0.2) is 60.8 Å². The highest BCUT2D eigenvalue weighted by molar-refractivity contribution is 7.47. The number of carbonyl (C=O) groups is 2. The minimum absolute atomic E-state index is 0.0165. The van der Waals surface area contributed by atoms with Crippen LogP contribution >= 0.6 is 7.82 Å². The molecule has 0 heterocycles. The maximum atomic E-state index is 12.8. The third-order valence-corrected chi connectivity index (χ3v) is 11.1. The molecule has 7 unspecified atom stereocenters. The molecule has 8 atom stereocenters. The van der Waals surface area contributed by atoms with Gasteiger partial charge in [-0.25, -0.2) is 4.57 Å². The van der Waals surface area contributed by atoms with Crippen molar-refractivity contribution in [2.45, 2.75) is 204 Å². The lowest BCUT2D eigenvalue weighted by atomic mass is 9.85. The molecule has 1 aliphatic rings. The molecular formula is C46H79O13P. The molecule has 13 nitrogen and oxygen atoms in total. The number of aliphatic hydroxyl groups excluding tert-OH is 5. The van der Waals surface area contributed by atoms with E-state index in [1.54, 1.807) is 0 Å². The smallest absolute Gasteiger partial charge is 0.462 e. The van der Waals surface area contributed by atoms with Crippen LogP contribution in [0.25, 0.3) is 0 Å². The van der Waals surface area contributed by atoms with Gasteiger partial charge in [-0.1, -0.05) is 152 Å². The van der Waals surface area contributed by atoms with Gasteiger partial charge in [0.05, 0.1) is 6.61 Å². The molecule has 0 aromatic heterocycles. The van der Waals surface area contributed by atoms with Crippen LogP contribution in [-0.2, 0) is 32.7 Å². The Morgan fingerprint density at radius 2 is 1.00 bits per heavy atom. The summed E-state index contributed by atoms with van der Waals surface area (Å²) in [6.07, 6.45) is 30.1. The van der Waals surface area contributed by atoms with Crippen molar-refractivity contribution < 1.29 is 63.1 Å². The van der Waals surface area contributed by atoms with Gasteiger partial charge in [0.1, 0.15) is 43.2 Å². The Hall–Kier alpha value is -2.45. The fourth-order valence-corrected chi connectivity index (χ4v) is 7.43. The summed E-state index contributed by atoms with van der Waals surface area (Å²) in [5.41, 5.74) is 0. The van der Waals surface area contributed by atoms with Gasteiger partial charge in [-0.15, -0.1) is 0 Å². The normalized spacial score (nSPS) is 22.7. The first-order valence-electron chi connectivity index (χ1n) is 22.6. The van der Waals surface area contributed by atoms with Crippen molar-refractivity contribution in [3.8, 4) is 0 Å². The van der Waals surface area contributed by atoms with Gasteiger partial charge in [0, 0.05) is 12.8 Å². The minimum Gasteiger partial charge on any atom is -0.462 e. The van der Waals surface area contributed by atoms with Crippen LogP contribution in [0.4, 0.5) is 0 Å². The Morgan fingerprint density at radius 1 is 0.533 bits per heavy atom. The summed E-state index contributed by atoms with van der Waals surface area (Å²) in [6, 6.07) is 0. The number of carbonyl (C=O) groups excluding carboxylic acids is 2. The molecule has 346 valence electrons. The predicted octanol–water partition coefficient (Wildman–Crippen LogP) is 8.55. The van der Waals surface area contributed by atoms with Gasteiger partial charge in [0.2, 0.25) is 0 Å². The zero-order chi connectivity index (χ0) is 44.3. The van der Waals surface area contributed by atoms with E-state index >= 15 is 0 Å². The highest BCUT2D eigenvalue weighted by Gasteiger charge is 2.51. The highest BCUT2D eigenvalue weighted by atomic mass is 31.2. The summed E-state index contributed by atoms with van der Waals surface area (Å²) in [5, 5.41) is 50.1. The Balaban J connectivity index is 2.52. The molecule has 0 bridgehead atoms. The second-order valence-electron chi connectivity index (χ2n) is 15.6. The molecule has 1 saturated carbocycles. The Morgan fingerprint density at radius 3 is 1.55 bits per heavy atom. The van der Waals surface area contributed by atoms with Crippen LogP contribution in [0.5, 0.6) is 0 Å². The second-order valence-corrected chi connectivity index (χ2v) is 17.0. The highest BCUT2D eigenvalue weighted by Crippen LogP contribution is 2.47. The Kier molecular flexibility index (Phi) is 33.4. The molecule has 0 aromatic rings. The summed E-state index contributed by atoms with van der Waals surface area (Å²) in [4.78, 5) is 35.6. The van der Waals surface area contributed by atoms with Crippen molar-refractivity contribution in [3.05, 3.63) is 60.8 Å². The zero-order valence-corrected chi connectivity index (χ0v) is 37.4. The largest absolute Gasteiger partial charge is 0.472 e. The standard InChI is InChI=1S/C46H79O13P/c1-3-5-7-9-11-13-15-17-18-19-20-21-23-24-26-28-30-32-34-39(47)56-36-38(37-57-60(54,55)59-46-44(52)42(50)41(49)43(51)45(46)53)58-40(48)35-33-31-29-27-25-22-16-14-12-10-8-6-4-2/h15,17-22,25,29,31,38,41-46,49-53H,3-14,16,23-24,26-28,30,32-37H2,1-2H3,(H,54,55)/b17-15+,19-18+,21-20+,25-22+,31-29+/t38?,41?,42-,43?,44?,45?,46?/m0/s1. The lowest BCUT2D eigenvalue weighted by molar-refractivity contribution is -0.220. The number of ether oxygens (including phenoxy) is 2. The van der Waals surface area contributed by atoms with Crippen LogP contribution in [0.1, 0.15) is 162 Å². The number of hydrogen-bond acceptors (Lipinski definition) is 12. The summed E-state index contributed by atoms with van der Waals surface area (Å²) >= 11 is 0. The van der Waals surface area contributed by atoms with E-state index in [4.69, 9.17) is 18.5 Å². The van der Waals surface area contributed by atoms with Gasteiger partial charge in [-0.05, 0) is 57.8 Å². The van der Waals surface area contributed by atoms with Crippen molar-refractivity contribution in [2.24, 2.45) is 0 Å². The van der Waals surface area contributed by atoms with Gasteiger partial charge < -0.3 is 39.9 Å². The third kappa shape index (κ3) is 28.2. The van der Waals surface area contributed by atoms with Gasteiger partial charge >= 0.3 is 19.8 Å². The number of hydrogen-bond donors (Lipinski definition) is 6. The molecule has 0 aliphatic heterocycles. The summed E-state index contributed by atoms with van der Waals surface area (Å²) in [5.74, 6) is -1.21.